The molecule has 1 atom stereocenters. The van der Waals surface area contributed by atoms with E-state index in [2.05, 4.69) is 15.9 Å². The van der Waals surface area contributed by atoms with E-state index < -0.39 is 6.10 Å². The second-order valence-corrected chi connectivity index (χ2v) is 5.75. The maximum Gasteiger partial charge on any atom is 0.123 e. The molecule has 0 radical (unpaired) electrons. The Balaban J connectivity index is 2.27. The molecule has 1 unspecified atom stereocenters. The number of aliphatic hydroxyl groups is 1. The number of halogens is 3. The van der Waals surface area contributed by atoms with Crippen LogP contribution in [0.5, 0.6) is 0 Å². The molecule has 2 aromatic rings. The molecule has 0 spiro atoms. The van der Waals surface area contributed by atoms with Crippen molar-refractivity contribution in [2.75, 3.05) is 0 Å². The first-order valence-corrected chi connectivity index (χ1v) is 7.02. The van der Waals surface area contributed by atoms with Crippen molar-refractivity contribution in [1.29, 1.82) is 0 Å². The average Bonchev–Trinajstić information content (AvgIpc) is 2.36. The molecule has 0 amide bonds. The quantitative estimate of drug-likeness (QED) is 0.846. The van der Waals surface area contributed by atoms with Crippen molar-refractivity contribution in [3.05, 3.63) is 68.4 Å². The fraction of sp³-hybridized carbons (Fsp3) is 0.200. The fourth-order valence-electron chi connectivity index (χ4n) is 1.99. The normalized spacial score (nSPS) is 12.5. The molecule has 4 heteroatoms. The van der Waals surface area contributed by atoms with E-state index in [4.69, 9.17) is 11.6 Å². The molecule has 19 heavy (non-hydrogen) atoms. The predicted octanol–water partition coefficient (Wildman–Crippen LogP) is 4.83. The molecule has 0 aliphatic rings. The van der Waals surface area contributed by atoms with Crippen molar-refractivity contribution in [3.8, 4) is 0 Å². The number of aliphatic hydroxyl groups excluding tert-OH is 1. The first-order chi connectivity index (χ1) is 8.97. The highest BCUT2D eigenvalue weighted by Gasteiger charge is 2.14. The van der Waals surface area contributed by atoms with Gasteiger partial charge in [0, 0.05) is 15.9 Å². The second kappa shape index (κ2) is 6.04. The van der Waals surface area contributed by atoms with Crippen LogP contribution in [0.2, 0.25) is 5.02 Å². The largest absolute Gasteiger partial charge is 0.388 e. The summed E-state index contributed by atoms with van der Waals surface area (Å²) in [6.45, 7) is 1.91. The molecule has 0 heterocycles. The van der Waals surface area contributed by atoms with Gasteiger partial charge >= 0.3 is 0 Å². The van der Waals surface area contributed by atoms with Crippen molar-refractivity contribution in [1.82, 2.24) is 0 Å². The van der Waals surface area contributed by atoms with Crippen LogP contribution in [0, 0.1) is 12.7 Å². The van der Waals surface area contributed by atoms with Crippen LogP contribution in [0.15, 0.2) is 40.9 Å². The van der Waals surface area contributed by atoms with Gasteiger partial charge in [-0.05, 0) is 53.9 Å². The lowest BCUT2D eigenvalue weighted by Gasteiger charge is -2.15. The van der Waals surface area contributed by atoms with E-state index >= 15 is 0 Å². The molecule has 100 valence electrons. The Morgan fingerprint density at radius 3 is 2.74 bits per heavy atom. The molecule has 1 N–H and O–H groups in total. The Kier molecular flexibility index (Phi) is 4.61. The Morgan fingerprint density at radius 1 is 1.26 bits per heavy atom. The lowest BCUT2D eigenvalue weighted by Crippen LogP contribution is -2.04. The molecular formula is C15H13BrClFO. The van der Waals surface area contributed by atoms with Crippen LogP contribution < -0.4 is 0 Å². The van der Waals surface area contributed by atoms with Gasteiger partial charge in [0.2, 0.25) is 0 Å². The monoisotopic (exact) mass is 342 g/mol. The summed E-state index contributed by atoms with van der Waals surface area (Å²) < 4.78 is 14.0. The van der Waals surface area contributed by atoms with Crippen molar-refractivity contribution in [2.45, 2.75) is 19.4 Å². The first-order valence-electron chi connectivity index (χ1n) is 5.85. The van der Waals surface area contributed by atoms with Gasteiger partial charge in [0.15, 0.2) is 0 Å². The molecule has 2 rings (SSSR count). The van der Waals surface area contributed by atoms with E-state index in [0.29, 0.717) is 11.4 Å². The van der Waals surface area contributed by atoms with Crippen molar-refractivity contribution >= 4 is 27.5 Å². The third-order valence-electron chi connectivity index (χ3n) is 3.02. The second-order valence-electron chi connectivity index (χ2n) is 4.46. The van der Waals surface area contributed by atoms with Crippen molar-refractivity contribution in [3.63, 3.8) is 0 Å². The summed E-state index contributed by atoms with van der Waals surface area (Å²) in [5.74, 6) is -0.312. The van der Waals surface area contributed by atoms with Crippen LogP contribution >= 0.6 is 27.5 Å². The summed E-state index contributed by atoms with van der Waals surface area (Å²) in [7, 11) is 0. The van der Waals surface area contributed by atoms with E-state index in [-0.39, 0.29) is 5.82 Å². The van der Waals surface area contributed by atoms with Gasteiger partial charge in [0.25, 0.3) is 0 Å². The van der Waals surface area contributed by atoms with Gasteiger partial charge in [0.05, 0.1) is 6.10 Å². The van der Waals surface area contributed by atoms with Gasteiger partial charge in [-0.3, -0.25) is 0 Å². The van der Waals surface area contributed by atoms with Gasteiger partial charge in [-0.15, -0.1) is 0 Å². The minimum atomic E-state index is -0.711. The predicted molar refractivity (Wildman–Crippen MR) is 79.0 cm³/mol. The van der Waals surface area contributed by atoms with Crippen LogP contribution in [0.1, 0.15) is 22.8 Å². The summed E-state index contributed by atoms with van der Waals surface area (Å²) in [6, 6.07) is 9.83. The lowest BCUT2D eigenvalue weighted by atomic mass is 9.98. The fourth-order valence-corrected chi connectivity index (χ4v) is 2.58. The zero-order chi connectivity index (χ0) is 14.0. The van der Waals surface area contributed by atoms with Gasteiger partial charge < -0.3 is 5.11 Å². The molecule has 0 aromatic heterocycles. The SMILES string of the molecule is Cc1ccc(Cl)cc1C(O)Cc1cc(F)ccc1Br. The number of rotatable bonds is 3. The number of hydrogen-bond acceptors (Lipinski definition) is 1. The van der Waals surface area contributed by atoms with Gasteiger partial charge in [-0.2, -0.15) is 0 Å². The molecular weight excluding hydrogens is 331 g/mol. The summed E-state index contributed by atoms with van der Waals surface area (Å²) in [4.78, 5) is 0. The highest BCUT2D eigenvalue weighted by Crippen LogP contribution is 2.28. The zero-order valence-electron chi connectivity index (χ0n) is 10.3. The van der Waals surface area contributed by atoms with Gasteiger partial charge in [-0.25, -0.2) is 4.39 Å². The molecule has 0 saturated carbocycles. The highest BCUT2D eigenvalue weighted by molar-refractivity contribution is 9.10. The van der Waals surface area contributed by atoms with E-state index in [9.17, 15) is 9.50 Å². The Labute approximate surface area is 125 Å². The minimum absolute atomic E-state index is 0.312. The molecule has 0 bridgehead atoms. The van der Waals surface area contributed by atoms with Gasteiger partial charge in [0.1, 0.15) is 5.82 Å². The van der Waals surface area contributed by atoms with Crippen LogP contribution in [-0.4, -0.2) is 5.11 Å². The number of aryl methyl sites for hydroxylation is 1. The van der Waals surface area contributed by atoms with Gasteiger partial charge in [-0.1, -0.05) is 33.6 Å². The average molecular weight is 344 g/mol. The standard InChI is InChI=1S/C15H13BrClFO/c1-9-2-3-11(17)8-13(9)15(19)7-10-6-12(18)4-5-14(10)16/h2-6,8,15,19H,7H2,1H3. The minimum Gasteiger partial charge on any atom is -0.388 e. The Hall–Kier alpha value is -0.900. The van der Waals surface area contributed by atoms with Crippen molar-refractivity contribution in [2.24, 2.45) is 0 Å². The lowest BCUT2D eigenvalue weighted by molar-refractivity contribution is 0.177. The Bertz CT molecular complexity index is 601. The summed E-state index contributed by atoms with van der Waals surface area (Å²) in [5, 5.41) is 10.9. The highest BCUT2D eigenvalue weighted by atomic mass is 79.9. The molecule has 2 aromatic carbocycles. The molecule has 0 aliphatic heterocycles. The van der Waals surface area contributed by atoms with E-state index in [0.717, 1.165) is 21.2 Å². The molecule has 0 fully saturated rings. The Morgan fingerprint density at radius 2 is 2.00 bits per heavy atom. The van der Waals surface area contributed by atoms with E-state index in [1.807, 2.05) is 13.0 Å². The molecule has 0 saturated heterocycles. The number of hydrogen-bond donors (Lipinski definition) is 1. The first kappa shape index (κ1) is 14.5. The van der Waals surface area contributed by atoms with E-state index in [1.54, 1.807) is 18.2 Å². The van der Waals surface area contributed by atoms with Crippen LogP contribution in [0.4, 0.5) is 4.39 Å². The smallest absolute Gasteiger partial charge is 0.123 e. The van der Waals surface area contributed by atoms with Crippen LogP contribution in [0.25, 0.3) is 0 Å². The maximum atomic E-state index is 13.2. The topological polar surface area (TPSA) is 20.2 Å². The summed E-state index contributed by atoms with van der Waals surface area (Å²) in [5.41, 5.74) is 2.46. The number of benzene rings is 2. The van der Waals surface area contributed by atoms with Crippen molar-refractivity contribution < 1.29 is 9.50 Å². The third-order valence-corrected chi connectivity index (χ3v) is 4.03. The van der Waals surface area contributed by atoms with Crippen LogP contribution in [-0.2, 0) is 6.42 Å². The summed E-state index contributed by atoms with van der Waals surface area (Å²) in [6.07, 6.45) is -0.378. The molecule has 0 aliphatic carbocycles. The van der Waals surface area contributed by atoms with E-state index in [1.165, 1.54) is 12.1 Å². The molecule has 1 nitrogen and oxygen atoms in total. The van der Waals surface area contributed by atoms with Crippen LogP contribution in [0.3, 0.4) is 0 Å². The third kappa shape index (κ3) is 3.56. The zero-order valence-corrected chi connectivity index (χ0v) is 12.7. The summed E-state index contributed by atoms with van der Waals surface area (Å²) >= 11 is 9.30. The maximum absolute atomic E-state index is 13.2.